The molecule has 29 heavy (non-hydrogen) atoms. The van der Waals surface area contributed by atoms with Crippen LogP contribution < -0.4 is 0 Å². The van der Waals surface area contributed by atoms with Gasteiger partial charge in [-0.3, -0.25) is 9.59 Å². The zero-order valence-corrected chi connectivity index (χ0v) is 16.1. The maximum atomic E-state index is 13.4. The van der Waals surface area contributed by atoms with Crippen LogP contribution in [0.3, 0.4) is 0 Å². The molecule has 1 aliphatic heterocycles. The van der Waals surface area contributed by atoms with Crippen LogP contribution in [-0.2, 0) is 4.79 Å². The molecule has 0 unspecified atom stereocenters. The Kier molecular flexibility index (Phi) is 5.12. The van der Waals surface area contributed by atoms with Crippen LogP contribution in [0.1, 0.15) is 17.4 Å². The lowest BCUT2D eigenvalue weighted by atomic mass is 10.1. The normalized spacial score (nSPS) is 14.1. The van der Waals surface area contributed by atoms with Gasteiger partial charge in [0, 0.05) is 38.7 Å². The number of amides is 2. The maximum Gasteiger partial charge on any atom is 0.272 e. The molecule has 0 saturated carbocycles. The van der Waals surface area contributed by atoms with E-state index >= 15 is 0 Å². The monoisotopic (exact) mass is 392 g/mol. The van der Waals surface area contributed by atoms with E-state index in [2.05, 4.69) is 5.10 Å². The first-order valence-corrected chi connectivity index (χ1v) is 9.49. The Balaban J connectivity index is 1.69. The van der Waals surface area contributed by atoms with E-state index in [0.29, 0.717) is 43.3 Å². The molecular weight excluding hydrogens is 371 g/mol. The summed E-state index contributed by atoms with van der Waals surface area (Å²) in [5.41, 5.74) is 2.58. The number of benzene rings is 2. The summed E-state index contributed by atoms with van der Waals surface area (Å²) in [6.45, 7) is 3.49. The van der Waals surface area contributed by atoms with Gasteiger partial charge in [-0.15, -0.1) is 0 Å². The van der Waals surface area contributed by atoms with Gasteiger partial charge < -0.3 is 9.80 Å². The van der Waals surface area contributed by atoms with Crippen molar-refractivity contribution in [2.45, 2.75) is 6.92 Å². The van der Waals surface area contributed by atoms with Crippen molar-refractivity contribution in [2.24, 2.45) is 0 Å². The maximum absolute atomic E-state index is 13.4. The molecule has 0 atom stereocenters. The Morgan fingerprint density at radius 1 is 0.897 bits per heavy atom. The molecule has 0 bridgehead atoms. The van der Waals surface area contributed by atoms with Gasteiger partial charge in [0.25, 0.3) is 5.91 Å². The molecule has 2 amide bonds. The molecule has 7 heteroatoms. The molecule has 2 aromatic carbocycles. The fourth-order valence-electron chi connectivity index (χ4n) is 3.45. The van der Waals surface area contributed by atoms with Crippen molar-refractivity contribution in [3.63, 3.8) is 0 Å². The number of rotatable bonds is 3. The minimum atomic E-state index is -0.350. The largest absolute Gasteiger partial charge is 0.339 e. The van der Waals surface area contributed by atoms with Crippen molar-refractivity contribution in [3.8, 4) is 16.9 Å². The van der Waals surface area contributed by atoms with Gasteiger partial charge in [-0.2, -0.15) is 5.10 Å². The van der Waals surface area contributed by atoms with Crippen LogP contribution in [0.15, 0.2) is 60.7 Å². The average molecular weight is 392 g/mol. The molecule has 0 aliphatic carbocycles. The lowest BCUT2D eigenvalue weighted by Gasteiger charge is -2.34. The number of nitrogens with zero attached hydrogens (tertiary/aromatic N) is 4. The van der Waals surface area contributed by atoms with Crippen LogP contribution in [0.2, 0.25) is 0 Å². The quantitative estimate of drug-likeness (QED) is 0.689. The Labute approximate surface area is 168 Å². The summed E-state index contributed by atoms with van der Waals surface area (Å²) >= 11 is 0. The minimum Gasteiger partial charge on any atom is -0.339 e. The summed E-state index contributed by atoms with van der Waals surface area (Å²) in [6, 6.07) is 17.2. The number of aromatic nitrogens is 2. The van der Waals surface area contributed by atoms with Gasteiger partial charge in [-0.05, 0) is 30.3 Å². The van der Waals surface area contributed by atoms with E-state index in [1.54, 1.807) is 32.7 Å². The molecule has 4 rings (SSSR count). The van der Waals surface area contributed by atoms with Gasteiger partial charge in [0.2, 0.25) is 5.91 Å². The highest BCUT2D eigenvalue weighted by molar-refractivity contribution is 5.94. The summed E-state index contributed by atoms with van der Waals surface area (Å²) < 4.78 is 14.9. The fraction of sp³-hybridized carbons (Fsp3) is 0.227. The smallest absolute Gasteiger partial charge is 0.272 e. The van der Waals surface area contributed by atoms with Crippen LogP contribution in [0.25, 0.3) is 16.9 Å². The molecule has 0 spiro atoms. The highest BCUT2D eigenvalue weighted by Crippen LogP contribution is 2.23. The number of hydrogen-bond donors (Lipinski definition) is 0. The van der Waals surface area contributed by atoms with Gasteiger partial charge in [-0.1, -0.05) is 30.3 Å². The SMILES string of the molecule is CC(=O)N1CCN(C(=O)c2cc(-c3ccccc3)nn2-c2ccc(F)cc2)CC1. The first kappa shape index (κ1) is 18.9. The number of carbonyl (C=O) groups excluding carboxylic acids is 2. The highest BCUT2D eigenvalue weighted by atomic mass is 19.1. The van der Waals surface area contributed by atoms with Crippen molar-refractivity contribution < 1.29 is 14.0 Å². The molecule has 0 radical (unpaired) electrons. The second kappa shape index (κ2) is 7.87. The first-order chi connectivity index (χ1) is 14.0. The topological polar surface area (TPSA) is 58.4 Å². The number of piperazine rings is 1. The average Bonchev–Trinajstić information content (AvgIpc) is 3.20. The van der Waals surface area contributed by atoms with Gasteiger partial charge in [0.1, 0.15) is 11.5 Å². The third kappa shape index (κ3) is 3.89. The summed E-state index contributed by atoms with van der Waals surface area (Å²) in [4.78, 5) is 28.3. The predicted molar refractivity (Wildman–Crippen MR) is 107 cm³/mol. The lowest BCUT2D eigenvalue weighted by molar-refractivity contribution is -0.130. The van der Waals surface area contributed by atoms with E-state index in [9.17, 15) is 14.0 Å². The van der Waals surface area contributed by atoms with Gasteiger partial charge in [-0.25, -0.2) is 9.07 Å². The highest BCUT2D eigenvalue weighted by Gasteiger charge is 2.27. The summed E-state index contributed by atoms with van der Waals surface area (Å²) in [5.74, 6) is -0.496. The minimum absolute atomic E-state index is 0.0137. The Morgan fingerprint density at radius 3 is 2.14 bits per heavy atom. The molecule has 1 saturated heterocycles. The van der Waals surface area contributed by atoms with Crippen LogP contribution in [-0.4, -0.2) is 57.6 Å². The van der Waals surface area contributed by atoms with Gasteiger partial charge in [0.05, 0.1) is 11.4 Å². The van der Waals surface area contributed by atoms with Crippen LogP contribution in [0, 0.1) is 5.82 Å². The molecule has 0 N–H and O–H groups in total. The van der Waals surface area contributed by atoms with E-state index in [0.717, 1.165) is 5.56 Å². The molecule has 1 aliphatic rings. The second-order valence-corrected chi connectivity index (χ2v) is 6.97. The zero-order valence-electron chi connectivity index (χ0n) is 16.1. The van der Waals surface area contributed by atoms with Crippen molar-refractivity contribution in [3.05, 3.63) is 72.2 Å². The van der Waals surface area contributed by atoms with E-state index in [1.165, 1.54) is 19.1 Å². The third-order valence-corrected chi connectivity index (χ3v) is 5.08. The Morgan fingerprint density at radius 2 is 1.52 bits per heavy atom. The molecule has 3 aromatic rings. The lowest BCUT2D eigenvalue weighted by Crippen LogP contribution is -2.50. The van der Waals surface area contributed by atoms with Gasteiger partial charge >= 0.3 is 0 Å². The van der Waals surface area contributed by atoms with Crippen molar-refractivity contribution >= 4 is 11.8 Å². The van der Waals surface area contributed by atoms with Crippen LogP contribution >= 0.6 is 0 Å². The standard InChI is InChI=1S/C22H21FN4O2/c1-16(28)25-11-13-26(14-12-25)22(29)21-15-20(17-5-3-2-4-6-17)24-27(21)19-9-7-18(23)8-10-19/h2-10,15H,11-14H2,1H3. The van der Waals surface area contributed by atoms with E-state index in [4.69, 9.17) is 0 Å². The van der Waals surface area contributed by atoms with Crippen molar-refractivity contribution in [1.29, 1.82) is 0 Å². The summed E-state index contributed by atoms with van der Waals surface area (Å²) in [6.07, 6.45) is 0. The molecule has 1 fully saturated rings. The van der Waals surface area contributed by atoms with E-state index in [-0.39, 0.29) is 17.6 Å². The zero-order chi connectivity index (χ0) is 20.4. The van der Waals surface area contributed by atoms with E-state index in [1.807, 2.05) is 30.3 Å². The molecule has 6 nitrogen and oxygen atoms in total. The van der Waals surface area contributed by atoms with Crippen molar-refractivity contribution in [2.75, 3.05) is 26.2 Å². The Hall–Kier alpha value is -3.48. The molecule has 148 valence electrons. The van der Waals surface area contributed by atoms with Gasteiger partial charge in [0.15, 0.2) is 0 Å². The van der Waals surface area contributed by atoms with Crippen LogP contribution in [0.4, 0.5) is 4.39 Å². The Bertz CT molecular complexity index is 1020. The van der Waals surface area contributed by atoms with E-state index < -0.39 is 0 Å². The predicted octanol–water partition coefficient (Wildman–Crippen LogP) is 2.98. The summed E-state index contributed by atoms with van der Waals surface area (Å²) in [7, 11) is 0. The summed E-state index contributed by atoms with van der Waals surface area (Å²) in [5, 5.41) is 4.62. The van der Waals surface area contributed by atoms with Crippen molar-refractivity contribution in [1.82, 2.24) is 19.6 Å². The molecule has 2 heterocycles. The third-order valence-electron chi connectivity index (χ3n) is 5.08. The fourth-order valence-corrected chi connectivity index (χ4v) is 3.45. The molecular formula is C22H21FN4O2. The molecule has 1 aromatic heterocycles. The first-order valence-electron chi connectivity index (χ1n) is 9.49. The second-order valence-electron chi connectivity index (χ2n) is 6.97. The number of carbonyl (C=O) groups is 2. The number of halogens is 1. The van der Waals surface area contributed by atoms with Crippen LogP contribution in [0.5, 0.6) is 0 Å². The number of hydrogen-bond acceptors (Lipinski definition) is 3.